The standard InChI is InChI=1S/C12H24N2O2/c1-3-12(4-2,9-15)14-11(16)10-7-5-6-8-13-10/h10,13,15H,3-9H2,1-2H3,(H,14,16)/t10-/m1/s1. The minimum Gasteiger partial charge on any atom is -0.394 e. The van der Waals surface area contributed by atoms with E-state index < -0.39 is 5.54 Å². The molecule has 0 radical (unpaired) electrons. The molecule has 0 aromatic carbocycles. The summed E-state index contributed by atoms with van der Waals surface area (Å²) in [5.41, 5.74) is -0.434. The Labute approximate surface area is 97.8 Å². The van der Waals surface area contributed by atoms with Crippen LogP contribution in [0.1, 0.15) is 46.0 Å². The number of amides is 1. The average Bonchev–Trinajstić information content (AvgIpc) is 2.37. The highest BCUT2D eigenvalue weighted by molar-refractivity contribution is 5.82. The number of hydrogen-bond acceptors (Lipinski definition) is 3. The lowest BCUT2D eigenvalue weighted by Gasteiger charge is -2.33. The number of piperidine rings is 1. The van der Waals surface area contributed by atoms with Gasteiger partial charge in [-0.1, -0.05) is 20.3 Å². The number of carbonyl (C=O) groups excluding carboxylic acids is 1. The first-order valence-corrected chi connectivity index (χ1v) is 6.33. The number of nitrogens with one attached hydrogen (secondary N) is 2. The summed E-state index contributed by atoms with van der Waals surface area (Å²) in [6.45, 7) is 4.92. The van der Waals surface area contributed by atoms with Crippen LogP contribution < -0.4 is 10.6 Å². The van der Waals surface area contributed by atoms with Gasteiger partial charge in [-0.15, -0.1) is 0 Å². The summed E-state index contributed by atoms with van der Waals surface area (Å²) in [6, 6.07) is -0.0715. The maximum atomic E-state index is 12.0. The summed E-state index contributed by atoms with van der Waals surface area (Å²) in [6.07, 6.45) is 4.68. The van der Waals surface area contributed by atoms with Crippen LogP contribution in [-0.4, -0.2) is 35.7 Å². The molecule has 0 aliphatic carbocycles. The van der Waals surface area contributed by atoms with Gasteiger partial charge < -0.3 is 15.7 Å². The zero-order valence-corrected chi connectivity index (χ0v) is 10.4. The molecule has 3 N–H and O–H groups in total. The Hall–Kier alpha value is -0.610. The Balaban J connectivity index is 2.53. The molecule has 4 heteroatoms. The molecule has 94 valence electrons. The number of hydrogen-bond donors (Lipinski definition) is 3. The second kappa shape index (κ2) is 6.21. The molecule has 0 aromatic rings. The second-order valence-corrected chi connectivity index (χ2v) is 4.64. The molecule has 1 aliphatic heterocycles. The maximum absolute atomic E-state index is 12.0. The van der Waals surface area contributed by atoms with Crippen LogP contribution in [0.15, 0.2) is 0 Å². The van der Waals surface area contributed by atoms with Gasteiger partial charge in [0.05, 0.1) is 18.2 Å². The van der Waals surface area contributed by atoms with E-state index in [0.717, 1.165) is 38.6 Å². The van der Waals surface area contributed by atoms with Gasteiger partial charge in [-0.25, -0.2) is 0 Å². The van der Waals surface area contributed by atoms with Crippen LogP contribution in [0.25, 0.3) is 0 Å². The van der Waals surface area contributed by atoms with Crippen molar-refractivity contribution >= 4 is 5.91 Å². The highest BCUT2D eigenvalue weighted by atomic mass is 16.3. The van der Waals surface area contributed by atoms with Crippen molar-refractivity contribution in [3.8, 4) is 0 Å². The first-order valence-electron chi connectivity index (χ1n) is 6.33. The van der Waals surface area contributed by atoms with Crippen molar-refractivity contribution in [2.24, 2.45) is 0 Å². The molecular weight excluding hydrogens is 204 g/mol. The minimum atomic E-state index is -0.434. The Morgan fingerprint density at radius 2 is 2.12 bits per heavy atom. The zero-order valence-electron chi connectivity index (χ0n) is 10.4. The largest absolute Gasteiger partial charge is 0.394 e. The van der Waals surface area contributed by atoms with Crippen LogP contribution in [0, 0.1) is 0 Å². The van der Waals surface area contributed by atoms with Gasteiger partial charge in [0.15, 0.2) is 0 Å². The summed E-state index contributed by atoms with van der Waals surface area (Å²) < 4.78 is 0. The summed E-state index contributed by atoms with van der Waals surface area (Å²) in [5, 5.41) is 15.6. The quantitative estimate of drug-likeness (QED) is 0.652. The summed E-state index contributed by atoms with van der Waals surface area (Å²) in [5.74, 6) is 0.0393. The van der Waals surface area contributed by atoms with Crippen LogP contribution in [0.5, 0.6) is 0 Å². The van der Waals surface area contributed by atoms with E-state index >= 15 is 0 Å². The topological polar surface area (TPSA) is 61.4 Å². The van der Waals surface area contributed by atoms with Crippen LogP contribution in [-0.2, 0) is 4.79 Å². The predicted molar refractivity (Wildman–Crippen MR) is 64.2 cm³/mol. The number of carbonyl (C=O) groups is 1. The monoisotopic (exact) mass is 228 g/mol. The van der Waals surface area contributed by atoms with Crippen LogP contribution in [0.2, 0.25) is 0 Å². The van der Waals surface area contributed by atoms with E-state index in [1.807, 2.05) is 13.8 Å². The first-order chi connectivity index (χ1) is 7.67. The van der Waals surface area contributed by atoms with Gasteiger partial charge in [0.1, 0.15) is 0 Å². The summed E-state index contributed by atoms with van der Waals surface area (Å²) in [4.78, 5) is 12.0. The molecule has 0 unspecified atom stereocenters. The summed E-state index contributed by atoms with van der Waals surface area (Å²) >= 11 is 0. The van der Waals surface area contributed by atoms with Crippen LogP contribution >= 0.6 is 0 Å². The third kappa shape index (κ3) is 3.19. The predicted octanol–water partition coefficient (Wildman–Crippen LogP) is 0.796. The average molecular weight is 228 g/mol. The van der Waals surface area contributed by atoms with E-state index in [0.29, 0.717) is 0 Å². The lowest BCUT2D eigenvalue weighted by molar-refractivity contribution is -0.126. The van der Waals surface area contributed by atoms with Crippen molar-refractivity contribution in [3.63, 3.8) is 0 Å². The summed E-state index contributed by atoms with van der Waals surface area (Å²) in [7, 11) is 0. The highest BCUT2D eigenvalue weighted by Crippen LogP contribution is 2.15. The molecular formula is C12H24N2O2. The third-order valence-electron chi connectivity index (χ3n) is 3.67. The molecule has 4 nitrogen and oxygen atoms in total. The van der Waals surface area contributed by atoms with Crippen LogP contribution in [0.3, 0.4) is 0 Å². The Kier molecular flexibility index (Phi) is 5.22. The van der Waals surface area contributed by atoms with Gasteiger partial charge in [-0.3, -0.25) is 4.79 Å². The van der Waals surface area contributed by atoms with Gasteiger partial charge in [0.25, 0.3) is 0 Å². The molecule has 0 spiro atoms. The molecule has 1 rings (SSSR count). The van der Waals surface area contributed by atoms with Crippen molar-refractivity contribution < 1.29 is 9.90 Å². The van der Waals surface area contributed by atoms with Gasteiger partial charge in [0, 0.05) is 0 Å². The van der Waals surface area contributed by atoms with E-state index in [-0.39, 0.29) is 18.6 Å². The van der Waals surface area contributed by atoms with E-state index in [1.165, 1.54) is 0 Å². The van der Waals surface area contributed by atoms with Gasteiger partial charge in [-0.05, 0) is 32.2 Å². The molecule has 1 heterocycles. The molecule has 1 fully saturated rings. The number of aliphatic hydroxyl groups excluding tert-OH is 1. The van der Waals surface area contributed by atoms with Crippen molar-refractivity contribution in [3.05, 3.63) is 0 Å². The van der Waals surface area contributed by atoms with Crippen molar-refractivity contribution in [1.29, 1.82) is 0 Å². The first kappa shape index (κ1) is 13.5. The van der Waals surface area contributed by atoms with Crippen molar-refractivity contribution in [2.75, 3.05) is 13.2 Å². The number of rotatable bonds is 5. The number of aliphatic hydroxyl groups is 1. The van der Waals surface area contributed by atoms with E-state index in [9.17, 15) is 9.90 Å². The molecule has 1 saturated heterocycles. The van der Waals surface area contributed by atoms with Gasteiger partial charge in [-0.2, -0.15) is 0 Å². The second-order valence-electron chi connectivity index (χ2n) is 4.64. The lowest BCUT2D eigenvalue weighted by Crippen LogP contribution is -2.56. The molecule has 1 atom stereocenters. The Morgan fingerprint density at radius 1 is 1.44 bits per heavy atom. The van der Waals surface area contributed by atoms with Crippen molar-refractivity contribution in [2.45, 2.75) is 57.5 Å². The maximum Gasteiger partial charge on any atom is 0.237 e. The minimum absolute atomic E-state index is 0.0124. The molecule has 0 saturated carbocycles. The van der Waals surface area contributed by atoms with E-state index in [2.05, 4.69) is 10.6 Å². The normalized spacial score (nSPS) is 21.8. The fraction of sp³-hybridized carbons (Fsp3) is 0.917. The smallest absolute Gasteiger partial charge is 0.237 e. The molecule has 0 bridgehead atoms. The lowest BCUT2D eigenvalue weighted by atomic mass is 9.92. The van der Waals surface area contributed by atoms with E-state index in [4.69, 9.17) is 0 Å². The zero-order chi connectivity index (χ0) is 12.0. The van der Waals surface area contributed by atoms with Crippen molar-refractivity contribution in [1.82, 2.24) is 10.6 Å². The molecule has 16 heavy (non-hydrogen) atoms. The van der Waals surface area contributed by atoms with Gasteiger partial charge in [0.2, 0.25) is 5.91 Å². The fourth-order valence-corrected chi connectivity index (χ4v) is 2.11. The fourth-order valence-electron chi connectivity index (χ4n) is 2.11. The third-order valence-corrected chi connectivity index (χ3v) is 3.67. The highest BCUT2D eigenvalue weighted by Gasteiger charge is 2.30. The molecule has 0 aromatic heterocycles. The molecule has 1 amide bonds. The molecule has 1 aliphatic rings. The van der Waals surface area contributed by atoms with Gasteiger partial charge >= 0.3 is 0 Å². The van der Waals surface area contributed by atoms with Crippen LogP contribution in [0.4, 0.5) is 0 Å². The SMILES string of the molecule is CCC(CC)(CO)NC(=O)[C@H]1CCCCN1. The van der Waals surface area contributed by atoms with E-state index in [1.54, 1.807) is 0 Å². The Morgan fingerprint density at radius 3 is 2.56 bits per heavy atom. The Bertz CT molecular complexity index is 213.